The molecule has 0 saturated heterocycles. The van der Waals surface area contributed by atoms with Crippen molar-refractivity contribution in [3.63, 3.8) is 0 Å². The Kier molecular flexibility index (Phi) is 2.92. The first kappa shape index (κ1) is 11.0. The van der Waals surface area contributed by atoms with E-state index in [9.17, 15) is 10.1 Å². The van der Waals surface area contributed by atoms with E-state index in [0.29, 0.717) is 18.1 Å². The summed E-state index contributed by atoms with van der Waals surface area (Å²) in [6, 6.07) is 0. The van der Waals surface area contributed by atoms with E-state index in [2.05, 4.69) is 20.4 Å². The number of nitro groups is 1. The van der Waals surface area contributed by atoms with Crippen LogP contribution in [0.4, 0.5) is 11.6 Å². The van der Waals surface area contributed by atoms with E-state index >= 15 is 0 Å². The van der Waals surface area contributed by atoms with Crippen molar-refractivity contribution in [3.8, 4) is 0 Å². The van der Waals surface area contributed by atoms with Gasteiger partial charge in [0.15, 0.2) is 5.82 Å². The predicted molar refractivity (Wildman–Crippen MR) is 57.8 cm³/mol. The van der Waals surface area contributed by atoms with E-state index < -0.39 is 4.92 Å². The fourth-order valence-electron chi connectivity index (χ4n) is 1.23. The summed E-state index contributed by atoms with van der Waals surface area (Å²) < 4.78 is 1.55. The second-order valence-corrected chi connectivity index (χ2v) is 3.20. The predicted octanol–water partition coefficient (Wildman–Crippen LogP) is -0.0848. The summed E-state index contributed by atoms with van der Waals surface area (Å²) in [6.07, 6.45) is 5.70. The second kappa shape index (κ2) is 4.53. The summed E-state index contributed by atoms with van der Waals surface area (Å²) in [7, 11) is 0. The molecule has 0 aromatic carbocycles. The van der Waals surface area contributed by atoms with E-state index in [1.54, 1.807) is 4.57 Å². The Hall–Kier alpha value is -2.55. The SMILES string of the molecule is NNc1cnc(Cn2cnc([N+](=O)[O-])c2)cn1. The molecule has 0 radical (unpaired) electrons. The fraction of sp³-hybridized carbons (Fsp3) is 0.125. The van der Waals surface area contributed by atoms with Crippen LogP contribution in [0.5, 0.6) is 0 Å². The number of anilines is 1. The average molecular weight is 235 g/mol. The number of nitrogens with zero attached hydrogens (tertiary/aromatic N) is 5. The van der Waals surface area contributed by atoms with Crippen LogP contribution in [-0.2, 0) is 6.54 Å². The number of hydrogen-bond acceptors (Lipinski definition) is 7. The molecular weight excluding hydrogens is 226 g/mol. The molecule has 2 heterocycles. The maximum Gasteiger partial charge on any atom is 0.381 e. The summed E-state index contributed by atoms with van der Waals surface area (Å²) in [5.41, 5.74) is 3.00. The van der Waals surface area contributed by atoms with Crippen molar-refractivity contribution in [2.45, 2.75) is 6.54 Å². The average Bonchev–Trinajstić information content (AvgIpc) is 2.79. The molecule has 0 aliphatic rings. The van der Waals surface area contributed by atoms with Gasteiger partial charge in [-0.2, -0.15) is 0 Å². The number of hydrogen-bond donors (Lipinski definition) is 2. The first-order chi connectivity index (χ1) is 8.19. The normalized spacial score (nSPS) is 10.2. The van der Waals surface area contributed by atoms with Crippen LogP contribution in [0.15, 0.2) is 24.9 Å². The van der Waals surface area contributed by atoms with Crippen LogP contribution in [0, 0.1) is 10.1 Å². The summed E-state index contributed by atoms with van der Waals surface area (Å²) in [5, 5.41) is 10.4. The van der Waals surface area contributed by atoms with Gasteiger partial charge in [-0.15, -0.1) is 0 Å². The van der Waals surface area contributed by atoms with E-state index in [4.69, 9.17) is 5.84 Å². The lowest BCUT2D eigenvalue weighted by Gasteiger charge is -2.01. The molecule has 9 heteroatoms. The second-order valence-electron chi connectivity index (χ2n) is 3.20. The molecule has 0 saturated carbocycles. The summed E-state index contributed by atoms with van der Waals surface area (Å²) in [4.78, 5) is 21.6. The van der Waals surface area contributed by atoms with Crippen molar-refractivity contribution in [2.24, 2.45) is 5.84 Å². The Balaban J connectivity index is 2.11. The van der Waals surface area contributed by atoms with Crippen LogP contribution in [0.3, 0.4) is 0 Å². The van der Waals surface area contributed by atoms with Crippen molar-refractivity contribution < 1.29 is 4.92 Å². The van der Waals surface area contributed by atoms with Crippen LogP contribution in [0.1, 0.15) is 5.69 Å². The van der Waals surface area contributed by atoms with E-state index in [-0.39, 0.29) is 5.82 Å². The lowest BCUT2D eigenvalue weighted by Crippen LogP contribution is -2.09. The molecule has 2 aromatic heterocycles. The standard InChI is InChI=1S/C8H9N7O2/c9-13-7-2-10-6(1-11-7)3-14-4-8(12-5-14)15(16)17/h1-2,4-5H,3,9H2,(H,11,13). The molecule has 0 aliphatic carbocycles. The Labute approximate surface area is 95.4 Å². The van der Waals surface area contributed by atoms with Gasteiger partial charge in [0, 0.05) is 0 Å². The first-order valence-corrected chi connectivity index (χ1v) is 4.63. The van der Waals surface area contributed by atoms with E-state index in [1.807, 2.05) is 0 Å². The molecular formula is C8H9N7O2. The van der Waals surface area contributed by atoms with Gasteiger partial charge in [0.2, 0.25) is 6.33 Å². The third-order valence-electron chi connectivity index (χ3n) is 2.00. The monoisotopic (exact) mass is 235 g/mol. The summed E-state index contributed by atoms with van der Waals surface area (Å²) in [6.45, 7) is 0.360. The maximum absolute atomic E-state index is 10.4. The zero-order valence-corrected chi connectivity index (χ0v) is 8.65. The molecule has 0 amide bonds. The van der Waals surface area contributed by atoms with Crippen LogP contribution < -0.4 is 11.3 Å². The van der Waals surface area contributed by atoms with Gasteiger partial charge in [-0.05, 0) is 9.91 Å². The third kappa shape index (κ3) is 2.52. The van der Waals surface area contributed by atoms with Gasteiger partial charge in [0.25, 0.3) is 0 Å². The lowest BCUT2D eigenvalue weighted by molar-refractivity contribution is -0.389. The van der Waals surface area contributed by atoms with Crippen LogP contribution in [-0.4, -0.2) is 24.4 Å². The number of aromatic nitrogens is 4. The molecule has 0 atom stereocenters. The Morgan fingerprint density at radius 1 is 1.41 bits per heavy atom. The molecule has 3 N–H and O–H groups in total. The molecule has 9 nitrogen and oxygen atoms in total. The van der Waals surface area contributed by atoms with E-state index in [0.717, 1.165) is 0 Å². The number of hydrazine groups is 1. The van der Waals surface area contributed by atoms with Gasteiger partial charge in [0.05, 0.1) is 24.6 Å². The highest BCUT2D eigenvalue weighted by Gasteiger charge is 2.10. The van der Waals surface area contributed by atoms with Crippen molar-refractivity contribution >= 4 is 11.6 Å². The van der Waals surface area contributed by atoms with Crippen LogP contribution in [0.2, 0.25) is 0 Å². The van der Waals surface area contributed by atoms with Gasteiger partial charge >= 0.3 is 5.82 Å². The maximum atomic E-state index is 10.4. The first-order valence-electron chi connectivity index (χ1n) is 4.63. The molecule has 0 unspecified atom stereocenters. The van der Waals surface area contributed by atoms with Crippen molar-refractivity contribution in [1.82, 2.24) is 19.5 Å². The molecule has 2 aromatic rings. The zero-order valence-electron chi connectivity index (χ0n) is 8.65. The molecule has 0 fully saturated rings. The highest BCUT2D eigenvalue weighted by Crippen LogP contribution is 2.07. The minimum absolute atomic E-state index is 0.196. The third-order valence-corrected chi connectivity index (χ3v) is 2.00. The summed E-state index contributed by atoms with van der Waals surface area (Å²) >= 11 is 0. The molecule has 88 valence electrons. The van der Waals surface area contributed by atoms with Gasteiger partial charge in [-0.3, -0.25) is 4.98 Å². The molecule has 0 bridgehead atoms. The topological polar surface area (TPSA) is 125 Å². The van der Waals surface area contributed by atoms with Crippen LogP contribution >= 0.6 is 0 Å². The number of imidazole rings is 1. The molecule has 0 aliphatic heterocycles. The van der Waals surface area contributed by atoms with Gasteiger partial charge in [-0.25, -0.2) is 10.8 Å². The smallest absolute Gasteiger partial charge is 0.358 e. The Morgan fingerprint density at radius 2 is 2.24 bits per heavy atom. The zero-order chi connectivity index (χ0) is 12.3. The highest BCUT2D eigenvalue weighted by molar-refractivity contribution is 5.28. The number of nitrogens with one attached hydrogen (secondary N) is 1. The van der Waals surface area contributed by atoms with Crippen molar-refractivity contribution in [2.75, 3.05) is 5.43 Å². The van der Waals surface area contributed by atoms with Gasteiger partial charge < -0.3 is 20.1 Å². The highest BCUT2D eigenvalue weighted by atomic mass is 16.6. The van der Waals surface area contributed by atoms with E-state index in [1.165, 1.54) is 24.9 Å². The quantitative estimate of drug-likeness (QED) is 0.431. The Morgan fingerprint density at radius 3 is 2.76 bits per heavy atom. The largest absolute Gasteiger partial charge is 0.381 e. The molecule has 17 heavy (non-hydrogen) atoms. The lowest BCUT2D eigenvalue weighted by atomic mass is 10.4. The minimum Gasteiger partial charge on any atom is -0.358 e. The van der Waals surface area contributed by atoms with Crippen molar-refractivity contribution in [3.05, 3.63) is 40.7 Å². The number of nitrogen functional groups attached to an aromatic ring is 1. The number of nitrogens with two attached hydrogens (primary N) is 1. The van der Waals surface area contributed by atoms with Gasteiger partial charge in [0.1, 0.15) is 6.20 Å². The van der Waals surface area contributed by atoms with Gasteiger partial charge in [-0.1, -0.05) is 0 Å². The molecule has 0 spiro atoms. The molecule has 2 rings (SSSR count). The minimum atomic E-state index is -0.552. The van der Waals surface area contributed by atoms with Crippen LogP contribution in [0.25, 0.3) is 0 Å². The number of rotatable bonds is 4. The summed E-state index contributed by atoms with van der Waals surface area (Å²) in [5.74, 6) is 5.40. The Bertz CT molecular complexity index is 521. The van der Waals surface area contributed by atoms with Crippen molar-refractivity contribution in [1.29, 1.82) is 0 Å². The fourth-order valence-corrected chi connectivity index (χ4v) is 1.23.